The molecule has 2 aromatic rings. The average Bonchev–Trinajstić information content (AvgIpc) is 2.71. The van der Waals surface area contributed by atoms with Crippen LogP contribution in [0.1, 0.15) is 45.1 Å². The molecule has 162 valence electrons. The number of methoxy groups -OCH3 is 1. The molecule has 0 saturated carbocycles. The Balaban J connectivity index is 2.00. The van der Waals surface area contributed by atoms with Crippen LogP contribution in [0.2, 0.25) is 0 Å². The van der Waals surface area contributed by atoms with Crippen LogP contribution in [0.5, 0.6) is 5.75 Å². The van der Waals surface area contributed by atoms with Gasteiger partial charge in [0.1, 0.15) is 17.1 Å². The Morgan fingerprint density at radius 2 is 1.87 bits per heavy atom. The van der Waals surface area contributed by atoms with Gasteiger partial charge in [-0.25, -0.2) is 4.79 Å². The van der Waals surface area contributed by atoms with E-state index < -0.39 is 11.9 Å². The molecule has 1 heterocycles. The number of fused-ring (bicyclic) bond motifs is 1. The molecule has 2 N–H and O–H groups in total. The summed E-state index contributed by atoms with van der Waals surface area (Å²) in [6.45, 7) is 5.97. The molecule has 1 aliphatic carbocycles. The lowest BCUT2D eigenvalue weighted by Gasteiger charge is -2.38. The van der Waals surface area contributed by atoms with E-state index in [9.17, 15) is 9.59 Å². The number of rotatable bonds is 4. The first-order valence-electron chi connectivity index (χ1n) is 10.4. The Hall–Kier alpha value is -3.28. The number of ketones is 1. The second-order valence-electron chi connectivity index (χ2n) is 8.71. The highest BCUT2D eigenvalue weighted by Gasteiger charge is 2.45. The maximum absolute atomic E-state index is 13.3. The predicted octanol–water partition coefficient (Wildman–Crippen LogP) is 4.34. The molecule has 1 atom stereocenters. The van der Waals surface area contributed by atoms with Gasteiger partial charge in [0.15, 0.2) is 5.78 Å². The van der Waals surface area contributed by atoms with Crippen molar-refractivity contribution in [1.82, 2.24) is 0 Å². The van der Waals surface area contributed by atoms with E-state index in [2.05, 4.69) is 0 Å². The summed E-state index contributed by atoms with van der Waals surface area (Å²) in [5.74, 6) is -0.0302. The minimum atomic E-state index is -0.665. The van der Waals surface area contributed by atoms with E-state index in [1.54, 1.807) is 14.0 Å². The van der Waals surface area contributed by atoms with Gasteiger partial charge < -0.3 is 19.9 Å². The lowest BCUT2D eigenvalue weighted by molar-refractivity contribution is -0.139. The number of carbonyl (C=O) groups excluding carboxylic acids is 2. The molecular formula is C25H27NO5. The Morgan fingerprint density at radius 3 is 2.55 bits per heavy atom. The van der Waals surface area contributed by atoms with E-state index in [1.807, 2.05) is 50.2 Å². The predicted molar refractivity (Wildman–Crippen MR) is 117 cm³/mol. The zero-order valence-electron chi connectivity index (χ0n) is 18.3. The third-order valence-corrected chi connectivity index (χ3v) is 5.90. The number of esters is 1. The summed E-state index contributed by atoms with van der Waals surface area (Å²) in [6, 6.07) is 11.5. The van der Waals surface area contributed by atoms with Crippen LogP contribution in [-0.2, 0) is 19.1 Å². The van der Waals surface area contributed by atoms with Crippen molar-refractivity contribution in [3.8, 4) is 5.75 Å². The van der Waals surface area contributed by atoms with E-state index in [0.717, 1.165) is 16.3 Å². The standard InChI is InChI=1S/C25H27NO5/c1-5-30-24(28)22-20(16-10-11-18(29-4)15-9-7-6-8-14(15)16)21-17(27)12-25(2,3)13-19(21)31-23(22)26/h6-11,20H,5,12-13,26H2,1-4H3. The molecule has 0 amide bonds. The van der Waals surface area contributed by atoms with Crippen LogP contribution in [0, 0.1) is 5.41 Å². The summed E-state index contributed by atoms with van der Waals surface area (Å²) in [5.41, 5.74) is 7.48. The third-order valence-electron chi connectivity index (χ3n) is 5.90. The fourth-order valence-electron chi connectivity index (χ4n) is 4.63. The fourth-order valence-corrected chi connectivity index (χ4v) is 4.63. The van der Waals surface area contributed by atoms with Gasteiger partial charge >= 0.3 is 5.97 Å². The molecule has 4 rings (SSSR count). The van der Waals surface area contributed by atoms with Crippen LogP contribution in [0.3, 0.4) is 0 Å². The second-order valence-corrected chi connectivity index (χ2v) is 8.71. The number of benzene rings is 2. The Kier molecular flexibility index (Phi) is 5.25. The monoisotopic (exact) mass is 421 g/mol. The highest BCUT2D eigenvalue weighted by molar-refractivity contribution is 6.05. The van der Waals surface area contributed by atoms with Crippen LogP contribution >= 0.6 is 0 Å². The van der Waals surface area contributed by atoms with Crippen molar-refractivity contribution in [2.45, 2.75) is 39.5 Å². The first-order valence-corrected chi connectivity index (χ1v) is 10.4. The normalized spacial score (nSPS) is 20.4. The Bertz CT molecular complexity index is 1140. The van der Waals surface area contributed by atoms with Crippen molar-refractivity contribution in [3.05, 3.63) is 64.8 Å². The van der Waals surface area contributed by atoms with Gasteiger partial charge in [0, 0.05) is 23.8 Å². The van der Waals surface area contributed by atoms with Crippen molar-refractivity contribution in [3.63, 3.8) is 0 Å². The lowest BCUT2D eigenvalue weighted by Crippen LogP contribution is -2.35. The van der Waals surface area contributed by atoms with E-state index in [4.69, 9.17) is 19.9 Å². The average molecular weight is 421 g/mol. The zero-order valence-corrected chi connectivity index (χ0v) is 18.3. The van der Waals surface area contributed by atoms with Crippen molar-refractivity contribution >= 4 is 22.5 Å². The molecule has 6 nitrogen and oxygen atoms in total. The minimum Gasteiger partial charge on any atom is -0.496 e. The summed E-state index contributed by atoms with van der Waals surface area (Å²) < 4.78 is 16.7. The second kappa shape index (κ2) is 7.76. The van der Waals surface area contributed by atoms with Crippen molar-refractivity contribution < 1.29 is 23.8 Å². The minimum absolute atomic E-state index is 0.00685. The molecule has 0 radical (unpaired) electrons. The zero-order chi connectivity index (χ0) is 22.3. The molecule has 6 heteroatoms. The number of carbonyl (C=O) groups is 2. The van der Waals surface area contributed by atoms with E-state index in [1.165, 1.54) is 0 Å². The number of hydrogen-bond acceptors (Lipinski definition) is 6. The molecule has 0 spiro atoms. The molecule has 0 bridgehead atoms. The fraction of sp³-hybridized carbons (Fsp3) is 0.360. The maximum Gasteiger partial charge on any atom is 0.340 e. The highest BCUT2D eigenvalue weighted by Crippen LogP contribution is 2.50. The summed E-state index contributed by atoms with van der Waals surface area (Å²) >= 11 is 0. The molecule has 1 unspecified atom stereocenters. The highest BCUT2D eigenvalue weighted by atomic mass is 16.5. The van der Waals surface area contributed by atoms with Gasteiger partial charge in [0.2, 0.25) is 5.88 Å². The van der Waals surface area contributed by atoms with Crippen molar-refractivity contribution in [2.75, 3.05) is 13.7 Å². The van der Waals surface area contributed by atoms with Gasteiger partial charge in [-0.2, -0.15) is 0 Å². The topological polar surface area (TPSA) is 87.9 Å². The Morgan fingerprint density at radius 1 is 1.16 bits per heavy atom. The van der Waals surface area contributed by atoms with Crippen LogP contribution in [0.4, 0.5) is 0 Å². The molecule has 2 aromatic carbocycles. The van der Waals surface area contributed by atoms with E-state index in [0.29, 0.717) is 29.9 Å². The first-order chi connectivity index (χ1) is 14.8. The van der Waals surface area contributed by atoms with Gasteiger partial charge in [-0.3, -0.25) is 4.79 Å². The summed E-state index contributed by atoms with van der Waals surface area (Å²) in [7, 11) is 1.62. The summed E-state index contributed by atoms with van der Waals surface area (Å²) in [4.78, 5) is 26.3. The van der Waals surface area contributed by atoms with Crippen molar-refractivity contribution in [2.24, 2.45) is 11.1 Å². The molecule has 31 heavy (non-hydrogen) atoms. The van der Waals surface area contributed by atoms with Gasteiger partial charge in [-0.05, 0) is 29.4 Å². The van der Waals surface area contributed by atoms with Gasteiger partial charge in [0.05, 0.1) is 19.6 Å². The lowest BCUT2D eigenvalue weighted by atomic mass is 9.69. The van der Waals surface area contributed by atoms with Crippen molar-refractivity contribution in [1.29, 1.82) is 0 Å². The quantitative estimate of drug-likeness (QED) is 0.739. The molecule has 1 aliphatic heterocycles. The van der Waals surface area contributed by atoms with Crippen LogP contribution in [0.25, 0.3) is 10.8 Å². The molecule has 0 fully saturated rings. The van der Waals surface area contributed by atoms with Gasteiger partial charge in [-0.1, -0.05) is 44.2 Å². The number of ether oxygens (including phenoxy) is 3. The Labute approximate surface area is 181 Å². The SMILES string of the molecule is CCOC(=O)C1=C(N)OC2=C(C(=O)CC(C)(C)C2)C1c1ccc(OC)c2ccccc12. The maximum atomic E-state index is 13.3. The molecule has 2 aliphatic rings. The largest absolute Gasteiger partial charge is 0.496 e. The van der Waals surface area contributed by atoms with Crippen LogP contribution < -0.4 is 10.5 Å². The van der Waals surface area contributed by atoms with Gasteiger partial charge in [0.25, 0.3) is 0 Å². The van der Waals surface area contributed by atoms with Crippen LogP contribution in [-0.4, -0.2) is 25.5 Å². The number of nitrogens with two attached hydrogens (primary N) is 1. The first kappa shape index (κ1) is 21.0. The summed E-state index contributed by atoms with van der Waals surface area (Å²) in [6.07, 6.45) is 0.936. The smallest absolute Gasteiger partial charge is 0.340 e. The summed E-state index contributed by atoms with van der Waals surface area (Å²) in [5, 5.41) is 1.77. The molecule has 0 saturated heterocycles. The van der Waals surface area contributed by atoms with Crippen LogP contribution in [0.15, 0.2) is 59.2 Å². The van der Waals surface area contributed by atoms with E-state index >= 15 is 0 Å². The number of allylic oxidation sites excluding steroid dienone is 2. The number of hydrogen-bond donors (Lipinski definition) is 1. The third kappa shape index (κ3) is 3.56. The molecular weight excluding hydrogens is 394 g/mol. The number of Topliss-reactive ketones (excluding diaryl/α,β-unsaturated/α-hetero) is 1. The van der Waals surface area contributed by atoms with E-state index in [-0.39, 0.29) is 29.3 Å². The molecule has 0 aromatic heterocycles. The van der Waals surface area contributed by atoms with Gasteiger partial charge in [-0.15, -0.1) is 0 Å².